The Hall–Kier alpha value is -0.510. The molecule has 0 unspecified atom stereocenters. The lowest BCUT2D eigenvalue weighted by atomic mass is 9.98. The third kappa shape index (κ3) is 2.72. The number of piperidine rings is 1. The van der Waals surface area contributed by atoms with Gasteiger partial charge in [-0.05, 0) is 19.1 Å². The third-order valence-electron chi connectivity index (χ3n) is 2.47. The average molecular weight is 201 g/mol. The van der Waals surface area contributed by atoms with Crippen molar-refractivity contribution < 1.29 is 9.59 Å². The number of rotatable bonds is 1. The van der Waals surface area contributed by atoms with Crippen LogP contribution in [0.2, 0.25) is 0 Å². The van der Waals surface area contributed by atoms with Crippen molar-refractivity contribution in [3.05, 3.63) is 0 Å². The number of hydrogen-bond acceptors (Lipinski definition) is 3. The van der Waals surface area contributed by atoms with Crippen molar-refractivity contribution in [2.75, 3.05) is 19.3 Å². The molecule has 1 aliphatic rings. The molecule has 1 aliphatic heterocycles. The summed E-state index contributed by atoms with van der Waals surface area (Å²) in [5.74, 6) is 0.292. The van der Waals surface area contributed by atoms with Crippen LogP contribution in [-0.2, 0) is 9.59 Å². The second kappa shape index (κ2) is 4.65. The van der Waals surface area contributed by atoms with Crippen LogP contribution in [0.5, 0.6) is 0 Å². The fourth-order valence-electron chi connectivity index (χ4n) is 1.60. The molecule has 3 nitrogen and oxygen atoms in total. The Labute approximate surface area is 82.9 Å². The predicted octanol–water partition coefficient (Wildman–Crippen LogP) is 1.13. The maximum atomic E-state index is 11.3. The molecule has 1 heterocycles. The first kappa shape index (κ1) is 10.6. The smallest absolute Gasteiger partial charge is 0.219 e. The average Bonchev–Trinajstić information content (AvgIpc) is 2.17. The molecule has 0 bridgehead atoms. The zero-order chi connectivity index (χ0) is 9.84. The topological polar surface area (TPSA) is 37.4 Å². The summed E-state index contributed by atoms with van der Waals surface area (Å²) in [5, 5.41) is 0.267. The molecule has 1 rings (SSSR count). The number of carbonyl (C=O) groups excluding carboxylic acids is 2. The van der Waals surface area contributed by atoms with Gasteiger partial charge in [0.1, 0.15) is 0 Å². The van der Waals surface area contributed by atoms with E-state index in [9.17, 15) is 9.59 Å². The number of likely N-dealkylation sites (tertiary alicyclic amines) is 1. The van der Waals surface area contributed by atoms with Crippen molar-refractivity contribution in [2.24, 2.45) is 5.92 Å². The van der Waals surface area contributed by atoms with E-state index in [2.05, 4.69) is 0 Å². The summed E-state index contributed by atoms with van der Waals surface area (Å²) in [4.78, 5) is 24.1. The van der Waals surface area contributed by atoms with Crippen molar-refractivity contribution in [3.8, 4) is 0 Å². The normalized spacial score (nSPS) is 18.8. The minimum atomic E-state index is 0.120. The highest BCUT2D eigenvalue weighted by molar-refractivity contribution is 8.13. The van der Waals surface area contributed by atoms with Gasteiger partial charge >= 0.3 is 0 Å². The second-order valence-corrected chi connectivity index (χ2v) is 4.11. The standard InChI is InChI=1S/C9H15NO2S/c1-7(11)10-5-3-8(4-6-10)9(12)13-2/h8H,3-6H2,1-2H3. The molecule has 13 heavy (non-hydrogen) atoms. The number of carbonyl (C=O) groups is 2. The number of amides is 1. The molecular formula is C9H15NO2S. The molecule has 0 aromatic carbocycles. The van der Waals surface area contributed by atoms with Gasteiger partial charge in [0.05, 0.1) is 0 Å². The van der Waals surface area contributed by atoms with E-state index in [1.54, 1.807) is 6.92 Å². The van der Waals surface area contributed by atoms with Gasteiger partial charge in [0.15, 0.2) is 5.12 Å². The first-order valence-corrected chi connectivity index (χ1v) is 5.71. The molecule has 0 aliphatic carbocycles. The maximum absolute atomic E-state index is 11.3. The van der Waals surface area contributed by atoms with Crippen LogP contribution in [0.1, 0.15) is 19.8 Å². The SMILES string of the molecule is CSC(=O)C1CCN(C(C)=O)CC1. The molecule has 74 valence electrons. The Morgan fingerprint density at radius 3 is 2.23 bits per heavy atom. The highest BCUT2D eigenvalue weighted by Gasteiger charge is 2.24. The molecular weight excluding hydrogens is 186 g/mol. The molecule has 0 atom stereocenters. The molecule has 0 radical (unpaired) electrons. The lowest BCUT2D eigenvalue weighted by Crippen LogP contribution is -2.38. The van der Waals surface area contributed by atoms with Gasteiger partial charge in [-0.2, -0.15) is 0 Å². The van der Waals surface area contributed by atoms with Gasteiger partial charge in [0.25, 0.3) is 0 Å². The Morgan fingerprint density at radius 2 is 1.85 bits per heavy atom. The van der Waals surface area contributed by atoms with Gasteiger partial charge in [0.2, 0.25) is 5.91 Å². The van der Waals surface area contributed by atoms with E-state index in [1.165, 1.54) is 11.8 Å². The largest absolute Gasteiger partial charge is 0.343 e. The fourth-order valence-corrected chi connectivity index (χ4v) is 2.17. The summed E-state index contributed by atoms with van der Waals surface area (Å²) in [7, 11) is 0. The lowest BCUT2D eigenvalue weighted by Gasteiger charge is -2.29. The number of thioether (sulfide) groups is 1. The molecule has 0 N–H and O–H groups in total. The van der Waals surface area contributed by atoms with Gasteiger partial charge in [-0.3, -0.25) is 9.59 Å². The third-order valence-corrected chi connectivity index (χ3v) is 3.21. The van der Waals surface area contributed by atoms with Gasteiger partial charge in [-0.15, -0.1) is 0 Å². The Morgan fingerprint density at radius 1 is 1.31 bits per heavy atom. The first-order chi connectivity index (χ1) is 6.15. The zero-order valence-electron chi connectivity index (χ0n) is 8.08. The predicted molar refractivity (Wildman–Crippen MR) is 53.5 cm³/mol. The summed E-state index contributed by atoms with van der Waals surface area (Å²) in [6.45, 7) is 3.06. The maximum Gasteiger partial charge on any atom is 0.219 e. The Bertz CT molecular complexity index is 210. The Kier molecular flexibility index (Phi) is 3.78. The lowest BCUT2D eigenvalue weighted by molar-refractivity contribution is -0.131. The summed E-state index contributed by atoms with van der Waals surface area (Å²) in [6.07, 6.45) is 3.48. The van der Waals surface area contributed by atoms with Crippen LogP contribution in [0.4, 0.5) is 0 Å². The van der Waals surface area contributed by atoms with Crippen LogP contribution in [0.25, 0.3) is 0 Å². The summed E-state index contributed by atoms with van der Waals surface area (Å²) >= 11 is 1.30. The molecule has 0 aromatic heterocycles. The van der Waals surface area contributed by atoms with Crippen LogP contribution in [0.15, 0.2) is 0 Å². The van der Waals surface area contributed by atoms with E-state index in [1.807, 2.05) is 11.2 Å². The van der Waals surface area contributed by atoms with Crippen molar-refractivity contribution >= 4 is 22.8 Å². The second-order valence-electron chi connectivity index (χ2n) is 3.30. The Balaban J connectivity index is 2.39. The van der Waals surface area contributed by atoms with Crippen molar-refractivity contribution in [3.63, 3.8) is 0 Å². The van der Waals surface area contributed by atoms with E-state index in [4.69, 9.17) is 0 Å². The molecule has 4 heteroatoms. The number of nitrogens with zero attached hydrogens (tertiary/aromatic N) is 1. The molecule has 0 aromatic rings. The number of hydrogen-bond donors (Lipinski definition) is 0. The fraction of sp³-hybridized carbons (Fsp3) is 0.778. The van der Waals surface area contributed by atoms with Gasteiger partial charge in [0, 0.05) is 25.9 Å². The molecule has 0 saturated carbocycles. The highest BCUT2D eigenvalue weighted by atomic mass is 32.2. The van der Waals surface area contributed by atoms with E-state index in [-0.39, 0.29) is 16.9 Å². The summed E-state index contributed by atoms with van der Waals surface area (Å²) < 4.78 is 0. The first-order valence-electron chi connectivity index (χ1n) is 4.48. The van der Waals surface area contributed by atoms with Crippen LogP contribution in [-0.4, -0.2) is 35.3 Å². The van der Waals surface area contributed by atoms with Gasteiger partial charge in [-0.25, -0.2) is 0 Å². The quantitative estimate of drug-likeness (QED) is 0.638. The summed E-state index contributed by atoms with van der Waals surface area (Å²) in [6, 6.07) is 0. The van der Waals surface area contributed by atoms with Crippen molar-refractivity contribution in [2.45, 2.75) is 19.8 Å². The van der Waals surface area contributed by atoms with Crippen molar-refractivity contribution in [1.29, 1.82) is 0 Å². The zero-order valence-corrected chi connectivity index (χ0v) is 8.89. The van der Waals surface area contributed by atoms with Crippen LogP contribution < -0.4 is 0 Å². The van der Waals surface area contributed by atoms with Crippen molar-refractivity contribution in [1.82, 2.24) is 4.90 Å². The molecule has 1 fully saturated rings. The minimum absolute atomic E-state index is 0.120. The monoisotopic (exact) mass is 201 g/mol. The van der Waals surface area contributed by atoms with E-state index < -0.39 is 0 Å². The minimum Gasteiger partial charge on any atom is -0.343 e. The van der Waals surface area contributed by atoms with Crippen LogP contribution in [0, 0.1) is 5.92 Å². The molecule has 1 amide bonds. The molecule has 1 saturated heterocycles. The van der Waals surface area contributed by atoms with Crippen LogP contribution >= 0.6 is 11.8 Å². The van der Waals surface area contributed by atoms with E-state index in [0.717, 1.165) is 25.9 Å². The van der Waals surface area contributed by atoms with Crippen LogP contribution in [0.3, 0.4) is 0 Å². The van der Waals surface area contributed by atoms with Gasteiger partial charge in [-0.1, -0.05) is 11.8 Å². The van der Waals surface area contributed by atoms with E-state index >= 15 is 0 Å². The van der Waals surface area contributed by atoms with E-state index in [0.29, 0.717) is 0 Å². The van der Waals surface area contributed by atoms with Gasteiger partial charge < -0.3 is 4.90 Å². The molecule has 0 spiro atoms. The highest BCUT2D eigenvalue weighted by Crippen LogP contribution is 2.21. The summed E-state index contributed by atoms with van der Waals surface area (Å²) in [5.41, 5.74) is 0.